The molecule has 0 spiro atoms. The van der Waals surface area contributed by atoms with E-state index in [1.54, 1.807) is 0 Å². The van der Waals surface area contributed by atoms with Gasteiger partial charge in [-0.1, -0.05) is 27.7 Å². The van der Waals surface area contributed by atoms with Crippen molar-refractivity contribution in [2.24, 2.45) is 5.41 Å². The van der Waals surface area contributed by atoms with E-state index < -0.39 is 0 Å². The molecule has 0 aromatic carbocycles. The van der Waals surface area contributed by atoms with Gasteiger partial charge in [0.2, 0.25) is 0 Å². The third kappa shape index (κ3) is 8.02. The lowest BCUT2D eigenvalue weighted by molar-refractivity contribution is 0.0433. The van der Waals surface area contributed by atoms with Crippen LogP contribution in [-0.4, -0.2) is 24.4 Å². The quantitative estimate of drug-likeness (QED) is 0.647. The van der Waals surface area contributed by atoms with Crippen molar-refractivity contribution in [2.45, 2.75) is 46.6 Å². The number of aliphatic hydroxyl groups is 1. The number of rotatable bonds is 5. The van der Waals surface area contributed by atoms with Crippen molar-refractivity contribution in [1.82, 2.24) is 0 Å². The molecule has 0 aliphatic rings. The summed E-state index contributed by atoms with van der Waals surface area (Å²) in [5.41, 5.74) is 0.233. The summed E-state index contributed by atoms with van der Waals surface area (Å²) in [5.74, 6) is 0. The second kappa shape index (κ2) is 5.55. The zero-order valence-electron chi connectivity index (χ0n) is 8.76. The van der Waals surface area contributed by atoms with Crippen LogP contribution in [0, 0.1) is 5.41 Å². The number of ether oxygens (including phenoxy) is 1. The summed E-state index contributed by atoms with van der Waals surface area (Å²) in [7, 11) is 0. The molecular weight excluding hydrogens is 152 g/mol. The molecule has 2 heteroatoms. The minimum Gasteiger partial charge on any atom is -0.393 e. The van der Waals surface area contributed by atoms with Crippen LogP contribution < -0.4 is 0 Å². The second-order valence-electron chi connectivity index (χ2n) is 4.46. The highest BCUT2D eigenvalue weighted by Gasteiger charge is 2.10. The molecule has 1 unspecified atom stereocenters. The smallest absolute Gasteiger partial charge is 0.0559 e. The molecule has 0 radical (unpaired) electrons. The molecule has 0 saturated heterocycles. The molecule has 0 heterocycles. The van der Waals surface area contributed by atoms with Gasteiger partial charge in [0.05, 0.1) is 12.7 Å². The van der Waals surface area contributed by atoms with E-state index in [2.05, 4.69) is 20.8 Å². The van der Waals surface area contributed by atoms with Crippen LogP contribution in [0.4, 0.5) is 0 Å². The van der Waals surface area contributed by atoms with Crippen molar-refractivity contribution in [3.63, 3.8) is 0 Å². The molecule has 12 heavy (non-hydrogen) atoms. The van der Waals surface area contributed by atoms with Crippen LogP contribution in [0.1, 0.15) is 40.5 Å². The van der Waals surface area contributed by atoms with Crippen molar-refractivity contribution in [3.05, 3.63) is 0 Å². The fourth-order valence-corrected chi connectivity index (χ4v) is 0.802. The summed E-state index contributed by atoms with van der Waals surface area (Å²) < 4.78 is 5.41. The lowest BCUT2D eigenvalue weighted by Gasteiger charge is -2.18. The highest BCUT2D eigenvalue weighted by atomic mass is 16.5. The van der Waals surface area contributed by atoms with Crippen molar-refractivity contribution >= 4 is 0 Å². The maximum absolute atomic E-state index is 9.21. The Kier molecular flexibility index (Phi) is 5.51. The average molecular weight is 174 g/mol. The van der Waals surface area contributed by atoms with Crippen LogP contribution in [0.15, 0.2) is 0 Å². The Hall–Kier alpha value is -0.0800. The molecule has 0 fully saturated rings. The molecule has 2 nitrogen and oxygen atoms in total. The molecule has 74 valence electrons. The predicted molar refractivity (Wildman–Crippen MR) is 51.2 cm³/mol. The third-order valence-electron chi connectivity index (χ3n) is 1.60. The first-order valence-electron chi connectivity index (χ1n) is 4.71. The Labute approximate surface area is 75.9 Å². The molecule has 1 atom stereocenters. The van der Waals surface area contributed by atoms with Crippen molar-refractivity contribution in [3.8, 4) is 0 Å². The largest absolute Gasteiger partial charge is 0.393 e. The van der Waals surface area contributed by atoms with E-state index in [9.17, 15) is 5.11 Å². The summed E-state index contributed by atoms with van der Waals surface area (Å²) in [4.78, 5) is 0. The van der Waals surface area contributed by atoms with Gasteiger partial charge in [0.25, 0.3) is 0 Å². The lowest BCUT2D eigenvalue weighted by Crippen LogP contribution is -2.17. The van der Waals surface area contributed by atoms with E-state index in [4.69, 9.17) is 4.74 Å². The summed E-state index contributed by atoms with van der Waals surface area (Å²) >= 11 is 0. The number of aliphatic hydroxyl groups excluding tert-OH is 1. The zero-order chi connectivity index (χ0) is 9.61. The standard InChI is InChI=1S/C10H22O2/c1-5-9(11)6-7-12-8-10(2,3)4/h9,11H,5-8H2,1-4H3. The SMILES string of the molecule is CCC(O)CCOCC(C)(C)C. The highest BCUT2D eigenvalue weighted by molar-refractivity contribution is 4.59. The van der Waals surface area contributed by atoms with Crippen LogP contribution in [0.3, 0.4) is 0 Å². The first kappa shape index (κ1) is 11.9. The highest BCUT2D eigenvalue weighted by Crippen LogP contribution is 2.13. The van der Waals surface area contributed by atoms with E-state index in [1.165, 1.54) is 0 Å². The Balaban J connectivity index is 3.22. The van der Waals surface area contributed by atoms with Crippen LogP contribution in [-0.2, 0) is 4.74 Å². The summed E-state index contributed by atoms with van der Waals surface area (Å²) in [6.45, 7) is 9.85. The van der Waals surface area contributed by atoms with E-state index in [-0.39, 0.29) is 11.5 Å². The van der Waals surface area contributed by atoms with Gasteiger partial charge in [-0.05, 0) is 18.3 Å². The van der Waals surface area contributed by atoms with Gasteiger partial charge in [0, 0.05) is 6.61 Å². The van der Waals surface area contributed by atoms with E-state index in [0.717, 1.165) is 19.4 Å². The first-order valence-corrected chi connectivity index (χ1v) is 4.71. The molecule has 0 rings (SSSR count). The van der Waals surface area contributed by atoms with Gasteiger partial charge in [-0.25, -0.2) is 0 Å². The van der Waals surface area contributed by atoms with Crippen molar-refractivity contribution < 1.29 is 9.84 Å². The molecule has 0 saturated carbocycles. The molecule has 0 aromatic heterocycles. The van der Waals surface area contributed by atoms with E-state index in [0.29, 0.717) is 6.61 Å². The van der Waals surface area contributed by atoms with Gasteiger partial charge in [-0.15, -0.1) is 0 Å². The Morgan fingerprint density at radius 2 is 1.92 bits per heavy atom. The second-order valence-corrected chi connectivity index (χ2v) is 4.46. The average Bonchev–Trinajstić information content (AvgIpc) is 1.96. The van der Waals surface area contributed by atoms with Crippen LogP contribution in [0.25, 0.3) is 0 Å². The van der Waals surface area contributed by atoms with Gasteiger partial charge < -0.3 is 9.84 Å². The maximum Gasteiger partial charge on any atom is 0.0559 e. The maximum atomic E-state index is 9.21. The van der Waals surface area contributed by atoms with Gasteiger partial charge >= 0.3 is 0 Å². The van der Waals surface area contributed by atoms with Gasteiger partial charge in [-0.2, -0.15) is 0 Å². The fraction of sp³-hybridized carbons (Fsp3) is 1.00. The van der Waals surface area contributed by atoms with Crippen LogP contribution >= 0.6 is 0 Å². The number of hydrogen-bond donors (Lipinski definition) is 1. The Morgan fingerprint density at radius 3 is 2.33 bits per heavy atom. The van der Waals surface area contributed by atoms with E-state index in [1.807, 2.05) is 6.92 Å². The molecule has 0 aliphatic carbocycles. The topological polar surface area (TPSA) is 29.5 Å². The Bertz CT molecular complexity index is 105. The lowest BCUT2D eigenvalue weighted by atomic mass is 9.99. The normalized spacial score (nSPS) is 14.8. The predicted octanol–water partition coefficient (Wildman–Crippen LogP) is 2.21. The summed E-state index contributed by atoms with van der Waals surface area (Å²) in [6, 6.07) is 0. The van der Waals surface area contributed by atoms with Crippen molar-refractivity contribution in [1.29, 1.82) is 0 Å². The number of hydrogen-bond acceptors (Lipinski definition) is 2. The molecule has 0 bridgehead atoms. The van der Waals surface area contributed by atoms with E-state index >= 15 is 0 Å². The Morgan fingerprint density at radius 1 is 1.33 bits per heavy atom. The molecule has 0 aromatic rings. The van der Waals surface area contributed by atoms with Gasteiger partial charge in [0.1, 0.15) is 0 Å². The molecular formula is C10H22O2. The fourth-order valence-electron chi connectivity index (χ4n) is 0.802. The summed E-state index contributed by atoms with van der Waals surface area (Å²) in [6.07, 6.45) is 1.39. The minimum absolute atomic E-state index is 0.190. The van der Waals surface area contributed by atoms with Crippen molar-refractivity contribution in [2.75, 3.05) is 13.2 Å². The molecule has 0 aliphatic heterocycles. The molecule has 0 amide bonds. The summed E-state index contributed by atoms with van der Waals surface area (Å²) in [5, 5.41) is 9.21. The van der Waals surface area contributed by atoms with Crippen LogP contribution in [0.2, 0.25) is 0 Å². The third-order valence-corrected chi connectivity index (χ3v) is 1.60. The first-order chi connectivity index (χ1) is 5.45. The minimum atomic E-state index is -0.190. The van der Waals surface area contributed by atoms with Gasteiger partial charge in [0.15, 0.2) is 0 Å². The monoisotopic (exact) mass is 174 g/mol. The van der Waals surface area contributed by atoms with Crippen LogP contribution in [0.5, 0.6) is 0 Å². The zero-order valence-corrected chi connectivity index (χ0v) is 8.76. The van der Waals surface area contributed by atoms with Gasteiger partial charge in [-0.3, -0.25) is 0 Å². The molecule has 1 N–H and O–H groups in total.